The standard InChI is InChI=1S/C15H21NO2/c1-11-4-5-12(2)14(8-11)15(17)9-16(3)13-6-7-18-10-13/h4-5,8,13H,6-7,9-10H2,1-3H3. The second-order valence-corrected chi connectivity index (χ2v) is 5.17. The number of rotatable bonds is 4. The summed E-state index contributed by atoms with van der Waals surface area (Å²) >= 11 is 0. The Balaban J connectivity index is 2.04. The smallest absolute Gasteiger partial charge is 0.177 e. The molecule has 1 aromatic carbocycles. The molecule has 18 heavy (non-hydrogen) atoms. The van der Waals surface area contributed by atoms with Gasteiger partial charge in [-0.2, -0.15) is 0 Å². The van der Waals surface area contributed by atoms with Crippen molar-refractivity contribution in [3.8, 4) is 0 Å². The average molecular weight is 247 g/mol. The molecule has 0 radical (unpaired) electrons. The fourth-order valence-corrected chi connectivity index (χ4v) is 2.35. The predicted octanol–water partition coefficient (Wildman–Crippen LogP) is 2.21. The molecule has 1 unspecified atom stereocenters. The summed E-state index contributed by atoms with van der Waals surface area (Å²) in [5.74, 6) is 0.200. The molecule has 1 atom stereocenters. The molecule has 0 saturated carbocycles. The number of Topliss-reactive ketones (excluding diaryl/α,β-unsaturated/α-hetero) is 1. The first kappa shape index (κ1) is 13.2. The SMILES string of the molecule is Cc1ccc(C)c(C(=O)CN(C)C2CCOC2)c1. The number of hydrogen-bond acceptors (Lipinski definition) is 3. The van der Waals surface area contributed by atoms with Gasteiger partial charge in [0, 0.05) is 18.2 Å². The van der Waals surface area contributed by atoms with Crippen LogP contribution < -0.4 is 0 Å². The Kier molecular flexibility index (Phi) is 4.15. The number of ketones is 1. The summed E-state index contributed by atoms with van der Waals surface area (Å²) in [6.45, 7) is 6.04. The summed E-state index contributed by atoms with van der Waals surface area (Å²) in [6.07, 6.45) is 1.02. The predicted molar refractivity (Wildman–Crippen MR) is 72.1 cm³/mol. The number of hydrogen-bond donors (Lipinski definition) is 0. The quantitative estimate of drug-likeness (QED) is 0.764. The van der Waals surface area contributed by atoms with Gasteiger partial charge in [0.05, 0.1) is 13.2 Å². The molecule has 1 aliphatic rings. The van der Waals surface area contributed by atoms with Crippen LogP contribution in [-0.2, 0) is 4.74 Å². The van der Waals surface area contributed by atoms with Crippen molar-refractivity contribution in [2.75, 3.05) is 26.8 Å². The van der Waals surface area contributed by atoms with Crippen LogP contribution in [0, 0.1) is 13.8 Å². The van der Waals surface area contributed by atoms with Crippen molar-refractivity contribution >= 4 is 5.78 Å². The van der Waals surface area contributed by atoms with Crippen LogP contribution in [0.1, 0.15) is 27.9 Å². The van der Waals surface area contributed by atoms with E-state index >= 15 is 0 Å². The minimum atomic E-state index is 0.200. The fraction of sp³-hybridized carbons (Fsp3) is 0.533. The van der Waals surface area contributed by atoms with E-state index in [0.29, 0.717) is 12.6 Å². The van der Waals surface area contributed by atoms with Crippen molar-refractivity contribution in [3.05, 3.63) is 34.9 Å². The highest BCUT2D eigenvalue weighted by atomic mass is 16.5. The van der Waals surface area contributed by atoms with Crippen molar-refractivity contribution in [1.29, 1.82) is 0 Å². The van der Waals surface area contributed by atoms with Crippen molar-refractivity contribution < 1.29 is 9.53 Å². The zero-order valence-corrected chi connectivity index (χ0v) is 11.4. The molecule has 1 aliphatic heterocycles. The summed E-state index contributed by atoms with van der Waals surface area (Å²) in [5.41, 5.74) is 3.04. The highest BCUT2D eigenvalue weighted by molar-refractivity contribution is 5.99. The summed E-state index contributed by atoms with van der Waals surface area (Å²) in [4.78, 5) is 14.4. The van der Waals surface area contributed by atoms with E-state index in [1.54, 1.807) is 0 Å². The monoisotopic (exact) mass is 247 g/mol. The van der Waals surface area contributed by atoms with E-state index < -0.39 is 0 Å². The summed E-state index contributed by atoms with van der Waals surface area (Å²) in [5, 5.41) is 0. The molecular formula is C15H21NO2. The van der Waals surface area contributed by atoms with E-state index in [1.165, 1.54) is 0 Å². The van der Waals surface area contributed by atoms with Crippen LogP contribution in [0.15, 0.2) is 18.2 Å². The first-order chi connectivity index (χ1) is 8.58. The lowest BCUT2D eigenvalue weighted by molar-refractivity contribution is 0.0906. The molecule has 0 spiro atoms. The first-order valence-corrected chi connectivity index (χ1v) is 6.46. The number of benzene rings is 1. The van der Waals surface area contributed by atoms with Gasteiger partial charge in [-0.25, -0.2) is 0 Å². The Morgan fingerprint density at radius 1 is 1.44 bits per heavy atom. The van der Waals surface area contributed by atoms with Crippen molar-refractivity contribution in [2.45, 2.75) is 26.3 Å². The van der Waals surface area contributed by atoms with Crippen LogP contribution in [0.5, 0.6) is 0 Å². The van der Waals surface area contributed by atoms with Crippen LogP contribution in [0.25, 0.3) is 0 Å². The van der Waals surface area contributed by atoms with E-state index in [1.807, 2.05) is 39.1 Å². The van der Waals surface area contributed by atoms with Crippen molar-refractivity contribution in [2.24, 2.45) is 0 Å². The van der Waals surface area contributed by atoms with Crippen molar-refractivity contribution in [1.82, 2.24) is 4.90 Å². The molecule has 0 aliphatic carbocycles. The molecule has 0 N–H and O–H groups in total. The van der Waals surface area contributed by atoms with E-state index in [0.717, 1.165) is 36.3 Å². The molecule has 3 heteroatoms. The Bertz CT molecular complexity index is 436. The number of carbonyl (C=O) groups excluding carboxylic acids is 1. The number of carbonyl (C=O) groups is 1. The van der Waals surface area contributed by atoms with Gasteiger partial charge in [0.25, 0.3) is 0 Å². The normalized spacial score (nSPS) is 19.4. The molecule has 0 aromatic heterocycles. The average Bonchev–Trinajstić information content (AvgIpc) is 2.85. The maximum atomic E-state index is 12.3. The van der Waals surface area contributed by atoms with Gasteiger partial charge in [-0.05, 0) is 38.9 Å². The zero-order chi connectivity index (χ0) is 13.1. The van der Waals surface area contributed by atoms with Gasteiger partial charge in [0.15, 0.2) is 5.78 Å². The summed E-state index contributed by atoms with van der Waals surface area (Å²) in [6, 6.07) is 6.43. The summed E-state index contributed by atoms with van der Waals surface area (Å²) in [7, 11) is 2.00. The number of ether oxygens (including phenoxy) is 1. The summed E-state index contributed by atoms with van der Waals surface area (Å²) < 4.78 is 5.36. The zero-order valence-electron chi connectivity index (χ0n) is 11.4. The molecule has 1 aromatic rings. The molecule has 1 fully saturated rings. The van der Waals surface area contributed by atoms with Gasteiger partial charge < -0.3 is 4.74 Å². The molecule has 1 saturated heterocycles. The lowest BCUT2D eigenvalue weighted by atomic mass is 10.0. The number of aryl methyl sites for hydroxylation is 2. The van der Waals surface area contributed by atoms with Crippen LogP contribution in [0.3, 0.4) is 0 Å². The topological polar surface area (TPSA) is 29.5 Å². The van der Waals surface area contributed by atoms with Gasteiger partial charge >= 0.3 is 0 Å². The lowest BCUT2D eigenvalue weighted by Crippen LogP contribution is -2.36. The lowest BCUT2D eigenvalue weighted by Gasteiger charge is -2.22. The van der Waals surface area contributed by atoms with Crippen LogP contribution >= 0.6 is 0 Å². The Morgan fingerprint density at radius 2 is 2.22 bits per heavy atom. The highest BCUT2D eigenvalue weighted by Gasteiger charge is 2.22. The Hall–Kier alpha value is -1.19. The minimum absolute atomic E-state index is 0.200. The molecule has 3 nitrogen and oxygen atoms in total. The van der Waals surface area contributed by atoms with Crippen LogP contribution in [0.2, 0.25) is 0 Å². The van der Waals surface area contributed by atoms with Gasteiger partial charge in [-0.15, -0.1) is 0 Å². The van der Waals surface area contributed by atoms with Gasteiger partial charge in [0.1, 0.15) is 0 Å². The van der Waals surface area contributed by atoms with Gasteiger partial charge in [-0.3, -0.25) is 9.69 Å². The minimum Gasteiger partial charge on any atom is -0.380 e. The van der Waals surface area contributed by atoms with Crippen LogP contribution in [0.4, 0.5) is 0 Å². The third-order valence-corrected chi connectivity index (χ3v) is 3.62. The Morgan fingerprint density at radius 3 is 2.89 bits per heavy atom. The molecule has 98 valence electrons. The molecule has 0 amide bonds. The molecule has 2 rings (SSSR count). The third kappa shape index (κ3) is 2.98. The number of likely N-dealkylation sites (N-methyl/N-ethyl adjacent to an activating group) is 1. The maximum absolute atomic E-state index is 12.3. The van der Waals surface area contributed by atoms with Crippen molar-refractivity contribution in [3.63, 3.8) is 0 Å². The largest absolute Gasteiger partial charge is 0.380 e. The van der Waals surface area contributed by atoms with Gasteiger partial charge in [0.2, 0.25) is 0 Å². The Labute approximate surface area is 109 Å². The van der Waals surface area contributed by atoms with Crippen LogP contribution in [-0.4, -0.2) is 43.5 Å². The molecule has 0 bridgehead atoms. The van der Waals surface area contributed by atoms with E-state index in [2.05, 4.69) is 4.90 Å². The van der Waals surface area contributed by atoms with Gasteiger partial charge in [-0.1, -0.05) is 17.7 Å². The number of nitrogens with zero attached hydrogens (tertiary/aromatic N) is 1. The van der Waals surface area contributed by atoms with E-state index in [9.17, 15) is 4.79 Å². The fourth-order valence-electron chi connectivity index (χ4n) is 2.35. The second-order valence-electron chi connectivity index (χ2n) is 5.17. The first-order valence-electron chi connectivity index (χ1n) is 6.46. The highest BCUT2D eigenvalue weighted by Crippen LogP contribution is 2.14. The maximum Gasteiger partial charge on any atom is 0.177 e. The second kappa shape index (κ2) is 5.63. The molecular weight excluding hydrogens is 226 g/mol. The van der Waals surface area contributed by atoms with E-state index in [4.69, 9.17) is 4.74 Å². The third-order valence-electron chi connectivity index (χ3n) is 3.62. The van der Waals surface area contributed by atoms with E-state index in [-0.39, 0.29) is 5.78 Å². The molecule has 1 heterocycles.